The lowest BCUT2D eigenvalue weighted by molar-refractivity contribution is -0.122. The van der Waals surface area contributed by atoms with E-state index >= 15 is 0 Å². The van der Waals surface area contributed by atoms with Gasteiger partial charge in [-0.15, -0.1) is 0 Å². The molecule has 24 heavy (non-hydrogen) atoms. The van der Waals surface area contributed by atoms with Crippen LogP contribution in [0.5, 0.6) is 0 Å². The Kier molecular flexibility index (Phi) is 6.68. The van der Waals surface area contributed by atoms with E-state index in [1.54, 1.807) is 12.3 Å². The molecule has 1 saturated heterocycles. The molecule has 9 heteroatoms. The van der Waals surface area contributed by atoms with Gasteiger partial charge in [-0.2, -0.15) is 0 Å². The van der Waals surface area contributed by atoms with E-state index in [-0.39, 0.29) is 24.3 Å². The summed E-state index contributed by atoms with van der Waals surface area (Å²) >= 11 is 3.30. The van der Waals surface area contributed by atoms with Gasteiger partial charge in [-0.3, -0.25) is 19.8 Å². The van der Waals surface area contributed by atoms with Crippen LogP contribution in [0.2, 0.25) is 0 Å². The van der Waals surface area contributed by atoms with Crippen molar-refractivity contribution >= 4 is 39.6 Å². The molecule has 0 unspecified atom stereocenters. The molecule has 0 aliphatic carbocycles. The smallest absolute Gasteiger partial charge is 0.321 e. The number of anilines is 1. The minimum atomic E-state index is -0.517. The Hall–Kier alpha value is -2.00. The lowest BCUT2D eigenvalue weighted by Crippen LogP contribution is -2.46. The number of urea groups is 1. The average Bonchev–Trinajstić information content (AvgIpc) is 2.57. The van der Waals surface area contributed by atoms with Gasteiger partial charge in [-0.05, 0) is 54.0 Å². The molecule has 1 aliphatic heterocycles. The van der Waals surface area contributed by atoms with Crippen molar-refractivity contribution in [3.8, 4) is 0 Å². The highest BCUT2D eigenvalue weighted by molar-refractivity contribution is 9.10. The molecule has 1 aliphatic rings. The van der Waals surface area contributed by atoms with Gasteiger partial charge in [0.2, 0.25) is 11.8 Å². The van der Waals surface area contributed by atoms with E-state index < -0.39 is 6.03 Å². The molecule has 0 saturated carbocycles. The van der Waals surface area contributed by atoms with Crippen LogP contribution in [-0.2, 0) is 9.59 Å². The first-order valence-corrected chi connectivity index (χ1v) is 8.43. The minimum absolute atomic E-state index is 0.0562. The second-order valence-electron chi connectivity index (χ2n) is 5.53. The third kappa shape index (κ3) is 5.57. The van der Waals surface area contributed by atoms with Gasteiger partial charge in [0.25, 0.3) is 0 Å². The molecule has 2 rings (SSSR count). The van der Waals surface area contributed by atoms with Gasteiger partial charge in [0.1, 0.15) is 5.82 Å². The number of carbonyl (C=O) groups is 3. The largest absolute Gasteiger partial charge is 0.341 e. The number of likely N-dealkylation sites (tertiary alicyclic amines) is 1. The summed E-state index contributed by atoms with van der Waals surface area (Å²) in [5.41, 5.74) is 0. The van der Waals surface area contributed by atoms with Crippen molar-refractivity contribution in [1.82, 2.24) is 20.5 Å². The number of halogens is 1. The summed E-state index contributed by atoms with van der Waals surface area (Å²) < 4.78 is 0.851. The fourth-order valence-electron chi connectivity index (χ4n) is 2.46. The van der Waals surface area contributed by atoms with E-state index in [0.29, 0.717) is 31.7 Å². The summed E-state index contributed by atoms with van der Waals surface area (Å²) in [6, 6.07) is 3.03. The van der Waals surface area contributed by atoms with Crippen LogP contribution >= 0.6 is 15.9 Å². The zero-order valence-electron chi connectivity index (χ0n) is 13.3. The molecule has 0 bridgehead atoms. The fraction of sp³-hybridized carbons (Fsp3) is 0.467. The van der Waals surface area contributed by atoms with E-state index in [0.717, 1.165) is 4.47 Å². The molecule has 8 nitrogen and oxygen atoms in total. The first-order chi connectivity index (χ1) is 11.5. The maximum absolute atomic E-state index is 12.3. The van der Waals surface area contributed by atoms with Crippen LogP contribution in [0.15, 0.2) is 22.8 Å². The van der Waals surface area contributed by atoms with E-state index in [9.17, 15) is 14.4 Å². The number of aromatic nitrogens is 1. The van der Waals surface area contributed by atoms with Crippen molar-refractivity contribution in [2.45, 2.75) is 12.8 Å². The Morgan fingerprint density at radius 2 is 2.00 bits per heavy atom. The van der Waals surface area contributed by atoms with Gasteiger partial charge in [0.15, 0.2) is 0 Å². The number of carbonyl (C=O) groups excluding carboxylic acids is 3. The highest BCUT2D eigenvalue weighted by atomic mass is 79.9. The number of nitrogens with one attached hydrogen (secondary N) is 3. The Labute approximate surface area is 148 Å². The van der Waals surface area contributed by atoms with Gasteiger partial charge in [0.05, 0.1) is 6.54 Å². The molecule has 3 N–H and O–H groups in total. The first kappa shape index (κ1) is 18.3. The van der Waals surface area contributed by atoms with Crippen molar-refractivity contribution in [2.24, 2.45) is 5.92 Å². The summed E-state index contributed by atoms with van der Waals surface area (Å²) in [5.74, 6) is 0.0138. The van der Waals surface area contributed by atoms with E-state index in [4.69, 9.17) is 0 Å². The number of piperidine rings is 1. The molecule has 0 atom stereocenters. The van der Waals surface area contributed by atoms with Crippen molar-refractivity contribution in [2.75, 3.05) is 32.0 Å². The zero-order chi connectivity index (χ0) is 17.5. The molecule has 1 aromatic rings. The number of imide groups is 1. The van der Waals surface area contributed by atoms with Crippen LogP contribution in [0.1, 0.15) is 12.8 Å². The molecule has 130 valence electrons. The Morgan fingerprint density at radius 1 is 1.29 bits per heavy atom. The number of hydrogen-bond acceptors (Lipinski definition) is 5. The standard InChI is InChI=1S/C15H20BrN5O3/c1-17-15(24)20-13(22)9-21-6-4-10(5-7-21)14(23)19-12-3-2-11(16)8-18-12/h2-3,8,10H,4-7,9H2,1H3,(H,18,19,23)(H2,17,20,22,24). The maximum atomic E-state index is 12.3. The van der Waals surface area contributed by atoms with Crippen LogP contribution in [0, 0.1) is 5.92 Å². The van der Waals surface area contributed by atoms with Crippen LogP contribution in [-0.4, -0.2) is 54.4 Å². The Morgan fingerprint density at radius 3 is 2.58 bits per heavy atom. The highest BCUT2D eigenvalue weighted by Gasteiger charge is 2.26. The van der Waals surface area contributed by atoms with Crippen molar-refractivity contribution in [3.63, 3.8) is 0 Å². The van der Waals surface area contributed by atoms with E-state index in [1.165, 1.54) is 7.05 Å². The minimum Gasteiger partial charge on any atom is -0.341 e. The second-order valence-corrected chi connectivity index (χ2v) is 6.44. The monoisotopic (exact) mass is 397 g/mol. The van der Waals surface area contributed by atoms with Crippen LogP contribution < -0.4 is 16.0 Å². The molecule has 0 spiro atoms. The summed E-state index contributed by atoms with van der Waals surface area (Å²) in [6.45, 7) is 1.41. The number of hydrogen-bond donors (Lipinski definition) is 3. The van der Waals surface area contributed by atoms with Crippen LogP contribution in [0.4, 0.5) is 10.6 Å². The van der Waals surface area contributed by atoms with E-state index in [2.05, 4.69) is 36.9 Å². The lowest BCUT2D eigenvalue weighted by atomic mass is 9.96. The summed E-state index contributed by atoms with van der Waals surface area (Å²) in [5, 5.41) is 7.36. The Balaban J connectivity index is 1.75. The molecule has 2 heterocycles. The molecular weight excluding hydrogens is 378 g/mol. The van der Waals surface area contributed by atoms with Crippen LogP contribution in [0.25, 0.3) is 0 Å². The second kappa shape index (κ2) is 8.74. The first-order valence-electron chi connectivity index (χ1n) is 7.64. The maximum Gasteiger partial charge on any atom is 0.321 e. The molecular formula is C15H20BrN5O3. The molecule has 0 radical (unpaired) electrons. The normalized spacial score (nSPS) is 15.6. The van der Waals surface area contributed by atoms with Gasteiger partial charge >= 0.3 is 6.03 Å². The van der Waals surface area contributed by atoms with E-state index in [1.807, 2.05) is 11.0 Å². The molecule has 0 aromatic carbocycles. The predicted molar refractivity (Wildman–Crippen MR) is 92.3 cm³/mol. The van der Waals surface area contributed by atoms with Gasteiger partial charge in [0, 0.05) is 23.6 Å². The Bertz CT molecular complexity index is 600. The average molecular weight is 398 g/mol. The molecule has 1 aromatic heterocycles. The van der Waals surface area contributed by atoms with Crippen molar-refractivity contribution in [3.05, 3.63) is 22.8 Å². The summed E-state index contributed by atoms with van der Waals surface area (Å²) in [4.78, 5) is 41.0. The number of nitrogens with zero attached hydrogens (tertiary/aromatic N) is 2. The molecule has 1 fully saturated rings. The quantitative estimate of drug-likeness (QED) is 0.701. The molecule has 4 amide bonds. The highest BCUT2D eigenvalue weighted by Crippen LogP contribution is 2.19. The van der Waals surface area contributed by atoms with Crippen LogP contribution in [0.3, 0.4) is 0 Å². The van der Waals surface area contributed by atoms with Gasteiger partial charge < -0.3 is 10.6 Å². The fourth-order valence-corrected chi connectivity index (χ4v) is 2.70. The number of rotatable bonds is 4. The van der Waals surface area contributed by atoms with Crippen molar-refractivity contribution < 1.29 is 14.4 Å². The number of amides is 4. The third-order valence-corrected chi connectivity index (χ3v) is 4.25. The van der Waals surface area contributed by atoms with Crippen molar-refractivity contribution in [1.29, 1.82) is 0 Å². The van der Waals surface area contributed by atoms with Gasteiger partial charge in [-0.1, -0.05) is 0 Å². The third-order valence-electron chi connectivity index (χ3n) is 3.78. The topological polar surface area (TPSA) is 103 Å². The lowest BCUT2D eigenvalue weighted by Gasteiger charge is -2.30. The SMILES string of the molecule is CNC(=O)NC(=O)CN1CCC(C(=O)Nc2ccc(Br)cn2)CC1. The summed E-state index contributed by atoms with van der Waals surface area (Å²) in [6.07, 6.45) is 2.95. The number of pyridine rings is 1. The van der Waals surface area contributed by atoms with Gasteiger partial charge in [-0.25, -0.2) is 9.78 Å². The summed E-state index contributed by atoms with van der Waals surface area (Å²) in [7, 11) is 1.45. The zero-order valence-corrected chi connectivity index (χ0v) is 14.9. The predicted octanol–water partition coefficient (Wildman–Crippen LogP) is 0.950.